The maximum absolute atomic E-state index is 4.04. The maximum Gasteiger partial charge on any atom is 0.230 e. The van der Waals surface area contributed by atoms with Gasteiger partial charge in [0.05, 0.1) is 0 Å². The van der Waals surface area contributed by atoms with Crippen molar-refractivity contribution in [2.45, 2.75) is 123 Å². The van der Waals surface area contributed by atoms with Crippen molar-refractivity contribution in [1.82, 2.24) is 4.81 Å². The summed E-state index contributed by atoms with van der Waals surface area (Å²) in [4.78, 5) is 2.92. The second-order valence-electron chi connectivity index (χ2n) is 11.5. The van der Waals surface area contributed by atoms with Crippen LogP contribution in [0.2, 0.25) is 11.6 Å². The molecule has 174 valence electrons. The average molecular weight is 424 g/mol. The van der Waals surface area contributed by atoms with Crippen molar-refractivity contribution in [1.29, 1.82) is 0 Å². The van der Waals surface area contributed by atoms with Crippen LogP contribution in [0.15, 0.2) is 37.0 Å². The minimum Gasteiger partial charge on any atom is -0.337 e. The predicted molar refractivity (Wildman–Crippen MR) is 140 cm³/mol. The van der Waals surface area contributed by atoms with Crippen LogP contribution in [-0.4, -0.2) is 23.7 Å². The van der Waals surface area contributed by atoms with Gasteiger partial charge in [-0.25, -0.2) is 0 Å². The van der Waals surface area contributed by atoms with E-state index in [1.165, 1.54) is 64.2 Å². The van der Waals surface area contributed by atoms with Gasteiger partial charge in [-0.1, -0.05) is 116 Å². The number of nitrogens with zero attached hydrogens (tertiary/aromatic N) is 1. The molecule has 2 fully saturated rings. The Hall–Kier alpha value is -0.755. The third-order valence-electron chi connectivity index (χ3n) is 8.80. The molecule has 2 heteroatoms. The molecule has 0 aromatic rings. The van der Waals surface area contributed by atoms with Crippen LogP contribution in [0, 0.1) is 23.7 Å². The Kier molecular flexibility index (Phi) is 9.56. The Morgan fingerprint density at radius 3 is 2.32 bits per heavy atom. The Balaban J connectivity index is 1.83. The Bertz CT molecular complexity index is 598. The highest BCUT2D eigenvalue weighted by atomic mass is 15.1. The SMILES string of the molecule is C=CCC1CCC(B(C2CC(CCCCCC)C3C=CC=CC23)N(C(C)C)C(C)C)C1. The Morgan fingerprint density at radius 2 is 1.68 bits per heavy atom. The molecule has 6 unspecified atom stereocenters. The summed E-state index contributed by atoms with van der Waals surface area (Å²) >= 11 is 0. The molecule has 0 saturated heterocycles. The molecule has 0 amide bonds. The third-order valence-corrected chi connectivity index (χ3v) is 8.80. The summed E-state index contributed by atoms with van der Waals surface area (Å²) in [5.74, 6) is 4.98. The number of hydrogen-bond acceptors (Lipinski definition) is 1. The van der Waals surface area contributed by atoms with E-state index in [1.807, 2.05) is 0 Å². The van der Waals surface area contributed by atoms with Gasteiger partial charge < -0.3 is 4.81 Å². The van der Waals surface area contributed by atoms with Crippen molar-refractivity contribution in [2.24, 2.45) is 23.7 Å². The number of allylic oxidation sites excluding steroid dienone is 5. The smallest absolute Gasteiger partial charge is 0.230 e. The van der Waals surface area contributed by atoms with Gasteiger partial charge in [0, 0.05) is 0 Å². The van der Waals surface area contributed by atoms with Gasteiger partial charge in [0.25, 0.3) is 0 Å². The van der Waals surface area contributed by atoms with Crippen molar-refractivity contribution in [2.75, 3.05) is 0 Å². The topological polar surface area (TPSA) is 3.24 Å². The fraction of sp³-hybridized carbons (Fsp3) is 0.793. The summed E-state index contributed by atoms with van der Waals surface area (Å²) in [5, 5.41) is 0. The predicted octanol–water partition coefficient (Wildman–Crippen LogP) is 8.56. The lowest BCUT2D eigenvalue weighted by Gasteiger charge is -2.44. The quantitative estimate of drug-likeness (QED) is 0.173. The van der Waals surface area contributed by atoms with Crippen molar-refractivity contribution < 1.29 is 0 Å². The summed E-state index contributed by atoms with van der Waals surface area (Å²) in [5.41, 5.74) is 0. The largest absolute Gasteiger partial charge is 0.337 e. The zero-order chi connectivity index (χ0) is 22.4. The molecule has 0 aliphatic heterocycles. The average Bonchev–Trinajstić information content (AvgIpc) is 3.34. The molecule has 0 aromatic carbocycles. The van der Waals surface area contributed by atoms with E-state index in [0.717, 1.165) is 42.2 Å². The van der Waals surface area contributed by atoms with E-state index in [-0.39, 0.29) is 0 Å². The minimum absolute atomic E-state index is 0.619. The van der Waals surface area contributed by atoms with Crippen LogP contribution in [-0.2, 0) is 0 Å². The van der Waals surface area contributed by atoms with Crippen LogP contribution in [0.5, 0.6) is 0 Å². The molecule has 0 radical (unpaired) electrons. The van der Waals surface area contributed by atoms with Gasteiger partial charge in [-0.3, -0.25) is 0 Å². The molecule has 0 N–H and O–H groups in total. The first-order valence-electron chi connectivity index (χ1n) is 13.7. The maximum atomic E-state index is 4.04. The van der Waals surface area contributed by atoms with E-state index in [4.69, 9.17) is 0 Å². The molecular weight excluding hydrogens is 373 g/mol. The molecule has 0 heterocycles. The lowest BCUT2D eigenvalue weighted by atomic mass is 9.38. The molecule has 3 aliphatic rings. The molecule has 0 spiro atoms. The summed E-state index contributed by atoms with van der Waals surface area (Å²) in [6, 6.07) is 1.24. The second-order valence-corrected chi connectivity index (χ2v) is 11.5. The summed E-state index contributed by atoms with van der Waals surface area (Å²) in [6.45, 7) is 16.9. The second kappa shape index (κ2) is 11.9. The Labute approximate surface area is 194 Å². The summed E-state index contributed by atoms with van der Waals surface area (Å²) in [6.07, 6.45) is 26.0. The molecule has 3 aliphatic carbocycles. The minimum atomic E-state index is 0.619. The molecule has 0 bridgehead atoms. The summed E-state index contributed by atoms with van der Waals surface area (Å²) in [7, 11) is 0. The highest BCUT2D eigenvalue weighted by molar-refractivity contribution is 6.59. The lowest BCUT2D eigenvalue weighted by Crippen LogP contribution is -2.53. The van der Waals surface area contributed by atoms with Gasteiger partial charge in [0.2, 0.25) is 6.85 Å². The molecule has 3 rings (SSSR count). The summed E-state index contributed by atoms with van der Waals surface area (Å²) < 4.78 is 0. The van der Waals surface area contributed by atoms with Gasteiger partial charge in [-0.2, -0.15) is 0 Å². The van der Waals surface area contributed by atoms with Gasteiger partial charge in [-0.05, 0) is 60.2 Å². The van der Waals surface area contributed by atoms with E-state index in [2.05, 4.69) is 76.4 Å². The zero-order valence-electron chi connectivity index (χ0n) is 21.3. The van der Waals surface area contributed by atoms with Gasteiger partial charge in [0.1, 0.15) is 0 Å². The molecule has 6 atom stereocenters. The first-order chi connectivity index (χ1) is 15.0. The standard InChI is InChI=1S/C29H50BN/c1-7-9-10-11-15-25-21-29(28-17-13-12-16-27(25)28)30(31(22(3)4)23(5)6)26-19-18-24(20-26)14-8-2/h8,12-13,16-17,22-29H,2,7,9-11,14-15,18-21H2,1,3-6H3. The highest BCUT2D eigenvalue weighted by Crippen LogP contribution is 2.56. The van der Waals surface area contributed by atoms with Gasteiger partial charge in [-0.15, -0.1) is 6.58 Å². The van der Waals surface area contributed by atoms with E-state index in [9.17, 15) is 0 Å². The van der Waals surface area contributed by atoms with E-state index < -0.39 is 0 Å². The number of unbranched alkanes of at least 4 members (excludes halogenated alkanes) is 3. The van der Waals surface area contributed by atoms with Crippen molar-refractivity contribution >= 4 is 6.85 Å². The fourth-order valence-electron chi connectivity index (χ4n) is 7.69. The molecule has 2 saturated carbocycles. The van der Waals surface area contributed by atoms with Crippen LogP contribution in [0.1, 0.15) is 98.8 Å². The van der Waals surface area contributed by atoms with Gasteiger partial charge in [0.15, 0.2) is 0 Å². The number of hydrogen-bond donors (Lipinski definition) is 0. The molecule has 0 aromatic heterocycles. The van der Waals surface area contributed by atoms with Crippen LogP contribution >= 0.6 is 0 Å². The molecule has 1 nitrogen and oxygen atoms in total. The monoisotopic (exact) mass is 423 g/mol. The van der Waals surface area contributed by atoms with Crippen molar-refractivity contribution in [3.05, 3.63) is 37.0 Å². The van der Waals surface area contributed by atoms with Gasteiger partial charge >= 0.3 is 0 Å². The third kappa shape index (κ3) is 5.98. The van der Waals surface area contributed by atoms with Crippen molar-refractivity contribution in [3.8, 4) is 0 Å². The highest BCUT2D eigenvalue weighted by Gasteiger charge is 2.51. The zero-order valence-corrected chi connectivity index (χ0v) is 21.3. The van der Waals surface area contributed by atoms with Crippen LogP contribution in [0.4, 0.5) is 0 Å². The number of rotatable bonds is 12. The number of fused-ring (bicyclic) bond motifs is 1. The first-order valence-corrected chi connectivity index (χ1v) is 13.7. The fourth-order valence-corrected chi connectivity index (χ4v) is 7.69. The van der Waals surface area contributed by atoms with E-state index in [1.54, 1.807) is 0 Å². The normalized spacial score (nSPS) is 32.4. The van der Waals surface area contributed by atoms with E-state index in [0.29, 0.717) is 12.1 Å². The van der Waals surface area contributed by atoms with Crippen LogP contribution in [0.25, 0.3) is 0 Å². The Morgan fingerprint density at radius 1 is 0.968 bits per heavy atom. The first kappa shape index (κ1) is 24.9. The molecule has 31 heavy (non-hydrogen) atoms. The van der Waals surface area contributed by atoms with Crippen LogP contribution < -0.4 is 0 Å². The lowest BCUT2D eigenvalue weighted by molar-refractivity contribution is 0.286. The van der Waals surface area contributed by atoms with E-state index >= 15 is 0 Å². The molecular formula is C29H50BN. The van der Waals surface area contributed by atoms with Crippen LogP contribution in [0.3, 0.4) is 0 Å². The van der Waals surface area contributed by atoms with Crippen molar-refractivity contribution in [3.63, 3.8) is 0 Å².